The van der Waals surface area contributed by atoms with Gasteiger partial charge in [-0.25, -0.2) is 4.79 Å². The Hall–Kier alpha value is -1.06. The fourth-order valence-electron chi connectivity index (χ4n) is 4.45. The zero-order valence-corrected chi connectivity index (χ0v) is 11.6. The van der Waals surface area contributed by atoms with Gasteiger partial charge in [-0.05, 0) is 37.5 Å². The summed E-state index contributed by atoms with van der Waals surface area (Å²) in [5.41, 5.74) is -0.924. The van der Waals surface area contributed by atoms with Crippen molar-refractivity contribution in [2.45, 2.75) is 56.9 Å². The van der Waals surface area contributed by atoms with E-state index in [9.17, 15) is 14.7 Å². The van der Waals surface area contributed by atoms with Gasteiger partial charge in [-0.2, -0.15) is 0 Å². The number of aliphatic carboxylic acids is 1. The highest BCUT2D eigenvalue weighted by molar-refractivity contribution is 5.89. The van der Waals surface area contributed by atoms with E-state index in [0.29, 0.717) is 24.7 Å². The Morgan fingerprint density at radius 3 is 2.16 bits per heavy atom. The largest absolute Gasteiger partial charge is 0.479 e. The van der Waals surface area contributed by atoms with E-state index in [0.717, 1.165) is 32.1 Å². The predicted molar refractivity (Wildman–Crippen MR) is 70.5 cm³/mol. The van der Waals surface area contributed by atoms with Crippen molar-refractivity contribution in [2.24, 2.45) is 17.8 Å². The number of carboxylic acid groups (broad SMARTS) is 1. The summed E-state index contributed by atoms with van der Waals surface area (Å²) < 4.78 is 0. The third-order valence-corrected chi connectivity index (χ3v) is 5.74. The van der Waals surface area contributed by atoms with Crippen LogP contribution in [0.4, 0.5) is 0 Å². The molecule has 2 unspecified atom stereocenters. The van der Waals surface area contributed by atoms with Gasteiger partial charge in [-0.3, -0.25) is 4.79 Å². The van der Waals surface area contributed by atoms with Crippen LogP contribution in [0.5, 0.6) is 0 Å². The number of fused-ring (bicyclic) bond motifs is 1. The molecule has 0 heterocycles. The van der Waals surface area contributed by atoms with E-state index in [4.69, 9.17) is 0 Å². The molecular weight excluding hydrogens is 242 g/mol. The molecule has 0 aromatic heterocycles. The number of carbonyl (C=O) groups is 2. The van der Waals surface area contributed by atoms with Crippen LogP contribution in [0.3, 0.4) is 0 Å². The van der Waals surface area contributed by atoms with Gasteiger partial charge in [0, 0.05) is 13.0 Å². The zero-order valence-electron chi connectivity index (χ0n) is 11.6. The first-order valence-electron chi connectivity index (χ1n) is 7.59. The molecule has 3 aliphatic carbocycles. The number of rotatable bonds is 3. The van der Waals surface area contributed by atoms with Gasteiger partial charge in [0.1, 0.15) is 5.54 Å². The van der Waals surface area contributed by atoms with Gasteiger partial charge in [0.15, 0.2) is 0 Å². The van der Waals surface area contributed by atoms with Crippen LogP contribution < -0.4 is 0 Å². The zero-order chi connectivity index (χ0) is 13.6. The van der Waals surface area contributed by atoms with E-state index in [-0.39, 0.29) is 11.8 Å². The van der Waals surface area contributed by atoms with Crippen molar-refractivity contribution in [3.8, 4) is 0 Å². The lowest BCUT2D eigenvalue weighted by atomic mass is 9.80. The maximum Gasteiger partial charge on any atom is 0.329 e. The van der Waals surface area contributed by atoms with Crippen molar-refractivity contribution in [3.63, 3.8) is 0 Å². The van der Waals surface area contributed by atoms with Crippen LogP contribution in [0.25, 0.3) is 0 Å². The highest BCUT2D eigenvalue weighted by atomic mass is 16.4. The second-order valence-electron chi connectivity index (χ2n) is 6.58. The SMILES string of the molecule is CN(C(=O)C1C2CCCC21)C1(C(=O)O)CCCCC1. The van der Waals surface area contributed by atoms with Gasteiger partial charge in [0.05, 0.1) is 0 Å². The molecule has 4 heteroatoms. The Kier molecular flexibility index (Phi) is 3.06. The maximum atomic E-state index is 12.6. The molecule has 0 spiro atoms. The number of carbonyl (C=O) groups excluding carboxylic acids is 1. The van der Waals surface area contributed by atoms with Crippen LogP contribution in [0.2, 0.25) is 0 Å². The van der Waals surface area contributed by atoms with Gasteiger partial charge in [0.2, 0.25) is 5.91 Å². The maximum absolute atomic E-state index is 12.6. The van der Waals surface area contributed by atoms with E-state index in [1.807, 2.05) is 0 Å². The molecule has 0 aliphatic heterocycles. The molecule has 0 radical (unpaired) electrons. The lowest BCUT2D eigenvalue weighted by Gasteiger charge is -2.41. The number of likely N-dealkylation sites (N-methyl/N-ethyl adjacent to an activating group) is 1. The fraction of sp³-hybridized carbons (Fsp3) is 0.867. The summed E-state index contributed by atoms with van der Waals surface area (Å²) in [5.74, 6) is 0.540. The summed E-state index contributed by atoms with van der Waals surface area (Å²) in [6, 6.07) is 0. The Morgan fingerprint density at radius 1 is 1.05 bits per heavy atom. The van der Waals surface area contributed by atoms with Crippen LogP contribution >= 0.6 is 0 Å². The summed E-state index contributed by atoms with van der Waals surface area (Å²) >= 11 is 0. The molecule has 0 saturated heterocycles. The summed E-state index contributed by atoms with van der Waals surface area (Å²) in [6.07, 6.45) is 7.73. The van der Waals surface area contributed by atoms with Crippen molar-refractivity contribution in [1.29, 1.82) is 0 Å². The molecule has 106 valence electrons. The van der Waals surface area contributed by atoms with E-state index < -0.39 is 11.5 Å². The van der Waals surface area contributed by atoms with Crippen molar-refractivity contribution >= 4 is 11.9 Å². The average Bonchev–Trinajstić information content (AvgIpc) is 2.90. The standard InChI is InChI=1S/C15H23NO3/c1-16(13(17)12-10-6-5-7-11(10)12)15(14(18)19)8-3-2-4-9-15/h10-12H,2-9H2,1H3,(H,18,19). The summed E-state index contributed by atoms with van der Waals surface area (Å²) in [5, 5.41) is 9.62. The Morgan fingerprint density at radius 2 is 1.63 bits per heavy atom. The molecule has 1 amide bonds. The van der Waals surface area contributed by atoms with Crippen LogP contribution in [0.15, 0.2) is 0 Å². The van der Waals surface area contributed by atoms with E-state index in [1.54, 1.807) is 11.9 Å². The minimum Gasteiger partial charge on any atom is -0.479 e. The molecule has 19 heavy (non-hydrogen) atoms. The topological polar surface area (TPSA) is 57.6 Å². The smallest absolute Gasteiger partial charge is 0.329 e. The quantitative estimate of drug-likeness (QED) is 0.851. The predicted octanol–water partition coefficient (Wildman–Crippen LogP) is 2.28. The number of hydrogen-bond acceptors (Lipinski definition) is 2. The average molecular weight is 265 g/mol. The molecular formula is C15H23NO3. The number of hydrogen-bond donors (Lipinski definition) is 1. The number of carboxylic acids is 1. The second-order valence-corrected chi connectivity index (χ2v) is 6.58. The minimum absolute atomic E-state index is 0.0963. The Bertz CT molecular complexity index is 390. The molecule has 0 aromatic carbocycles. The highest BCUT2D eigenvalue weighted by Gasteiger charge is 2.59. The van der Waals surface area contributed by atoms with Gasteiger partial charge in [-0.1, -0.05) is 25.7 Å². The summed E-state index contributed by atoms with van der Waals surface area (Å²) in [6.45, 7) is 0. The molecule has 3 fully saturated rings. The molecule has 0 bridgehead atoms. The van der Waals surface area contributed by atoms with E-state index in [2.05, 4.69) is 0 Å². The summed E-state index contributed by atoms with van der Waals surface area (Å²) in [4.78, 5) is 25.9. The molecule has 2 atom stereocenters. The lowest BCUT2D eigenvalue weighted by Crippen LogP contribution is -2.57. The minimum atomic E-state index is -0.924. The third kappa shape index (κ3) is 1.87. The molecule has 1 N–H and O–H groups in total. The van der Waals surface area contributed by atoms with Crippen molar-refractivity contribution in [1.82, 2.24) is 4.90 Å². The molecule has 4 nitrogen and oxygen atoms in total. The summed E-state index contributed by atoms with van der Waals surface area (Å²) in [7, 11) is 1.72. The molecule has 0 aromatic rings. The monoisotopic (exact) mass is 265 g/mol. The fourth-order valence-corrected chi connectivity index (χ4v) is 4.45. The van der Waals surface area contributed by atoms with Gasteiger partial charge in [0.25, 0.3) is 0 Å². The van der Waals surface area contributed by atoms with Gasteiger partial charge >= 0.3 is 5.97 Å². The van der Waals surface area contributed by atoms with Crippen LogP contribution in [0, 0.1) is 17.8 Å². The molecule has 3 aliphatic rings. The Labute approximate surface area is 114 Å². The third-order valence-electron chi connectivity index (χ3n) is 5.74. The van der Waals surface area contributed by atoms with Crippen LogP contribution in [-0.4, -0.2) is 34.5 Å². The highest BCUT2D eigenvalue weighted by Crippen LogP contribution is 2.58. The van der Waals surface area contributed by atoms with Gasteiger partial charge in [-0.15, -0.1) is 0 Å². The first-order valence-corrected chi connectivity index (χ1v) is 7.59. The first kappa shape index (κ1) is 12.9. The van der Waals surface area contributed by atoms with Crippen LogP contribution in [-0.2, 0) is 9.59 Å². The second kappa shape index (κ2) is 4.50. The molecule has 3 saturated carbocycles. The first-order chi connectivity index (χ1) is 9.08. The van der Waals surface area contributed by atoms with Crippen LogP contribution in [0.1, 0.15) is 51.4 Å². The van der Waals surface area contributed by atoms with Crippen molar-refractivity contribution < 1.29 is 14.7 Å². The van der Waals surface area contributed by atoms with Gasteiger partial charge < -0.3 is 10.0 Å². The normalized spacial score (nSPS) is 35.5. The number of amides is 1. The van der Waals surface area contributed by atoms with Crippen molar-refractivity contribution in [3.05, 3.63) is 0 Å². The Balaban J connectivity index is 1.75. The van der Waals surface area contributed by atoms with E-state index in [1.165, 1.54) is 6.42 Å². The molecule has 3 rings (SSSR count). The number of nitrogens with zero attached hydrogens (tertiary/aromatic N) is 1. The lowest BCUT2D eigenvalue weighted by molar-refractivity contribution is -0.161. The van der Waals surface area contributed by atoms with Crippen molar-refractivity contribution in [2.75, 3.05) is 7.05 Å². The van der Waals surface area contributed by atoms with E-state index >= 15 is 0 Å².